The second-order valence-corrected chi connectivity index (χ2v) is 4.34. The molecular weight excluding hydrogens is 301 g/mol. The summed E-state index contributed by atoms with van der Waals surface area (Å²) in [5, 5.41) is 0. The molecule has 1 aromatic carbocycles. The summed E-state index contributed by atoms with van der Waals surface area (Å²) in [4.78, 5) is 11.5. The molecule has 0 aliphatic rings. The van der Waals surface area contributed by atoms with Crippen LogP contribution < -0.4 is 0 Å². The molecule has 17 heavy (non-hydrogen) atoms. The number of benzene rings is 1. The Balaban J connectivity index is 2.57. The van der Waals surface area contributed by atoms with Crippen LogP contribution in [0, 0.1) is 0 Å². The Morgan fingerprint density at radius 2 is 2.12 bits per heavy atom. The molecule has 0 bridgehead atoms. The largest absolute Gasteiger partial charge is 0.414 e. The molecule has 1 unspecified atom stereocenters. The van der Waals surface area contributed by atoms with Crippen molar-refractivity contribution in [3.05, 3.63) is 34.3 Å². The Morgan fingerprint density at radius 3 is 2.65 bits per heavy atom. The minimum atomic E-state index is -4.45. The van der Waals surface area contributed by atoms with Crippen LogP contribution in [0.4, 0.5) is 13.2 Å². The molecule has 2 nitrogen and oxygen atoms in total. The average Bonchev–Trinajstić information content (AvgIpc) is 2.24. The number of ether oxygens (including phenoxy) is 1. The van der Waals surface area contributed by atoms with E-state index >= 15 is 0 Å². The predicted octanol–water partition coefficient (Wildman–Crippen LogP) is 3.60. The quantitative estimate of drug-likeness (QED) is 0.794. The van der Waals surface area contributed by atoms with E-state index in [0.29, 0.717) is 10.0 Å². The van der Waals surface area contributed by atoms with Crippen molar-refractivity contribution in [2.75, 3.05) is 6.61 Å². The fourth-order valence-corrected chi connectivity index (χ4v) is 1.44. The van der Waals surface area contributed by atoms with Gasteiger partial charge in [0.25, 0.3) is 0 Å². The van der Waals surface area contributed by atoms with Crippen molar-refractivity contribution in [3.63, 3.8) is 0 Å². The fourth-order valence-electron chi connectivity index (χ4n) is 1.04. The van der Waals surface area contributed by atoms with Crippen molar-refractivity contribution in [2.45, 2.75) is 19.2 Å². The number of hydrogen-bond donors (Lipinski definition) is 0. The molecule has 0 N–H and O–H groups in total. The molecule has 0 spiro atoms. The van der Waals surface area contributed by atoms with Gasteiger partial charge in [-0.25, -0.2) is 0 Å². The molecule has 0 saturated heterocycles. The highest BCUT2D eigenvalue weighted by Crippen LogP contribution is 2.22. The summed E-state index contributed by atoms with van der Waals surface area (Å²) in [5.74, 6) is -0.484. The van der Waals surface area contributed by atoms with Crippen molar-refractivity contribution in [1.29, 1.82) is 0 Å². The van der Waals surface area contributed by atoms with Gasteiger partial charge in [-0.1, -0.05) is 28.1 Å². The lowest BCUT2D eigenvalue weighted by atomic mass is 10.1. The summed E-state index contributed by atoms with van der Waals surface area (Å²) in [6.45, 7) is 0.283. The molecule has 0 heterocycles. The molecule has 0 aromatic heterocycles. The van der Waals surface area contributed by atoms with E-state index < -0.39 is 24.7 Å². The summed E-state index contributed by atoms with van der Waals surface area (Å²) < 4.78 is 41.5. The monoisotopic (exact) mass is 310 g/mol. The fraction of sp³-hybridized carbons (Fsp3) is 0.364. The van der Waals surface area contributed by atoms with Crippen LogP contribution in [0.15, 0.2) is 28.7 Å². The Bertz CT molecular complexity index is 404. The van der Waals surface area contributed by atoms with Crippen LogP contribution in [0.2, 0.25) is 0 Å². The first-order valence-corrected chi connectivity index (χ1v) is 5.57. The maximum Gasteiger partial charge on any atom is 0.414 e. The number of ketones is 1. The normalized spacial score (nSPS) is 13.5. The highest BCUT2D eigenvalue weighted by molar-refractivity contribution is 9.10. The lowest BCUT2D eigenvalue weighted by Gasteiger charge is -2.15. The van der Waals surface area contributed by atoms with E-state index in [1.165, 1.54) is 12.1 Å². The maximum absolute atomic E-state index is 12.1. The Morgan fingerprint density at radius 1 is 1.47 bits per heavy atom. The van der Waals surface area contributed by atoms with Gasteiger partial charge >= 0.3 is 6.18 Å². The molecule has 6 heteroatoms. The lowest BCUT2D eigenvalue weighted by molar-refractivity contribution is -0.210. The number of carbonyl (C=O) groups is 1. The van der Waals surface area contributed by atoms with Crippen LogP contribution in [0.3, 0.4) is 0 Å². The smallest absolute Gasteiger partial charge is 0.361 e. The van der Waals surface area contributed by atoms with Crippen LogP contribution in [0.1, 0.15) is 17.3 Å². The number of halogens is 4. The molecule has 94 valence electrons. The molecule has 1 atom stereocenters. The van der Waals surface area contributed by atoms with Crippen LogP contribution >= 0.6 is 15.9 Å². The molecule has 1 rings (SSSR count). The number of alkyl halides is 3. The van der Waals surface area contributed by atoms with Crippen molar-refractivity contribution in [1.82, 2.24) is 0 Å². The van der Waals surface area contributed by atoms with Gasteiger partial charge in [-0.2, -0.15) is 13.2 Å². The lowest BCUT2D eigenvalue weighted by Crippen LogP contribution is -2.30. The number of Topliss-reactive ketones (excluding diaryl/α,β-unsaturated/α-hetero) is 1. The third-order valence-corrected chi connectivity index (χ3v) is 2.57. The van der Waals surface area contributed by atoms with E-state index in [1.807, 2.05) is 0 Å². The zero-order valence-corrected chi connectivity index (χ0v) is 10.5. The molecule has 0 fully saturated rings. The summed E-state index contributed by atoms with van der Waals surface area (Å²) >= 11 is 3.17. The van der Waals surface area contributed by atoms with Gasteiger partial charge in [0.2, 0.25) is 0 Å². The van der Waals surface area contributed by atoms with Gasteiger partial charge in [-0.05, 0) is 19.1 Å². The average molecular weight is 311 g/mol. The second-order valence-electron chi connectivity index (χ2n) is 3.43. The molecule has 1 aromatic rings. The molecule has 0 saturated carbocycles. The van der Waals surface area contributed by atoms with E-state index in [0.717, 1.165) is 6.92 Å². The third-order valence-electron chi connectivity index (χ3n) is 2.07. The summed E-state index contributed by atoms with van der Waals surface area (Å²) in [6, 6.07) is 6.40. The van der Waals surface area contributed by atoms with E-state index in [9.17, 15) is 18.0 Å². The van der Waals surface area contributed by atoms with Gasteiger partial charge in [0.05, 0.1) is 0 Å². The summed E-state index contributed by atoms with van der Waals surface area (Å²) in [6.07, 6.45) is -6.39. The Kier molecular flexibility index (Phi) is 4.70. The maximum atomic E-state index is 12.1. The SMILES string of the molecule is CC(OCC(=O)c1cccc(Br)c1)C(F)(F)F. The first kappa shape index (κ1) is 14.2. The van der Waals surface area contributed by atoms with Gasteiger partial charge in [0.15, 0.2) is 11.9 Å². The molecule has 0 aliphatic heterocycles. The number of hydrogen-bond acceptors (Lipinski definition) is 2. The minimum absolute atomic E-state index is 0.314. The second kappa shape index (κ2) is 5.64. The van der Waals surface area contributed by atoms with Crippen LogP contribution in [-0.4, -0.2) is 24.7 Å². The summed E-state index contributed by atoms with van der Waals surface area (Å²) in [7, 11) is 0. The van der Waals surface area contributed by atoms with Gasteiger partial charge < -0.3 is 4.74 Å². The highest BCUT2D eigenvalue weighted by atomic mass is 79.9. The van der Waals surface area contributed by atoms with Gasteiger partial charge in [-0.15, -0.1) is 0 Å². The van der Waals surface area contributed by atoms with Crippen molar-refractivity contribution in [2.24, 2.45) is 0 Å². The number of carbonyl (C=O) groups excluding carboxylic acids is 1. The molecule has 0 amide bonds. The van der Waals surface area contributed by atoms with Gasteiger partial charge in [0.1, 0.15) is 6.61 Å². The van der Waals surface area contributed by atoms with Gasteiger partial charge in [0, 0.05) is 10.0 Å². The van der Waals surface area contributed by atoms with E-state index in [2.05, 4.69) is 20.7 Å². The first-order valence-electron chi connectivity index (χ1n) is 4.78. The van der Waals surface area contributed by atoms with Crippen LogP contribution in [0.25, 0.3) is 0 Å². The van der Waals surface area contributed by atoms with Crippen molar-refractivity contribution in [3.8, 4) is 0 Å². The Labute approximate surface area is 105 Å². The van der Waals surface area contributed by atoms with Gasteiger partial charge in [-0.3, -0.25) is 4.79 Å². The van der Waals surface area contributed by atoms with E-state index in [1.54, 1.807) is 12.1 Å². The molecule has 0 aliphatic carbocycles. The number of rotatable bonds is 4. The van der Waals surface area contributed by atoms with Crippen LogP contribution in [-0.2, 0) is 4.74 Å². The predicted molar refractivity (Wildman–Crippen MR) is 59.9 cm³/mol. The topological polar surface area (TPSA) is 26.3 Å². The highest BCUT2D eigenvalue weighted by Gasteiger charge is 2.37. The minimum Gasteiger partial charge on any atom is -0.361 e. The van der Waals surface area contributed by atoms with Crippen molar-refractivity contribution >= 4 is 21.7 Å². The standard InChI is InChI=1S/C11H10BrF3O2/c1-7(11(13,14)15)17-6-10(16)8-3-2-4-9(12)5-8/h2-5,7H,6H2,1H3. The third kappa shape index (κ3) is 4.47. The van der Waals surface area contributed by atoms with E-state index in [4.69, 9.17) is 0 Å². The molecular formula is C11H10BrF3O2. The first-order chi connectivity index (χ1) is 7.80. The summed E-state index contributed by atoms with van der Waals surface area (Å²) in [5.41, 5.74) is 0.314. The van der Waals surface area contributed by atoms with E-state index in [-0.39, 0.29) is 0 Å². The molecule has 0 radical (unpaired) electrons. The van der Waals surface area contributed by atoms with Crippen molar-refractivity contribution < 1.29 is 22.7 Å². The van der Waals surface area contributed by atoms with Crippen LogP contribution in [0.5, 0.6) is 0 Å². The zero-order chi connectivity index (χ0) is 13.1. The Hall–Kier alpha value is -0.880. The zero-order valence-electron chi connectivity index (χ0n) is 8.92.